The van der Waals surface area contributed by atoms with E-state index in [4.69, 9.17) is 9.47 Å². The number of methoxy groups -OCH3 is 2. The fourth-order valence-electron chi connectivity index (χ4n) is 4.87. The summed E-state index contributed by atoms with van der Waals surface area (Å²) in [5.74, 6) is 2.41. The quantitative estimate of drug-likeness (QED) is 0.632. The van der Waals surface area contributed by atoms with Crippen molar-refractivity contribution in [2.75, 3.05) is 33.9 Å². The molecular formula is C25H32ClNO3. The molecule has 30 heavy (non-hydrogen) atoms. The number of Topliss-reactive ketones (excluding diaryl/α,β-unsaturated/α-hetero) is 1. The lowest BCUT2D eigenvalue weighted by Gasteiger charge is -2.32. The maximum absolute atomic E-state index is 13.0. The Labute approximate surface area is 186 Å². The van der Waals surface area contributed by atoms with Crippen LogP contribution in [-0.4, -0.2) is 44.5 Å². The third-order valence-corrected chi connectivity index (χ3v) is 6.60. The van der Waals surface area contributed by atoms with Gasteiger partial charge in [0.15, 0.2) is 17.3 Å². The summed E-state index contributed by atoms with van der Waals surface area (Å²) in [6.07, 6.45) is 5.35. The normalized spacial score (nSPS) is 19.3. The molecule has 2 aromatic rings. The zero-order chi connectivity index (χ0) is 20.2. The van der Waals surface area contributed by atoms with Gasteiger partial charge in [-0.05, 0) is 74.4 Å². The summed E-state index contributed by atoms with van der Waals surface area (Å²) in [6.45, 7) is 3.42. The molecule has 1 unspecified atom stereocenters. The standard InChI is InChI=1S/C25H31NO3.ClH/c1-28-23-16-20-15-21(25(27)22(20)17-24(23)29-2)14-19-9-12-26(13-10-19)11-8-18-6-4-3-5-7-18;/h3-7,16-17,19,21H,8-15H2,1-2H3;1H. The molecular weight excluding hydrogens is 398 g/mol. The van der Waals surface area contributed by atoms with Gasteiger partial charge in [-0.3, -0.25) is 4.79 Å². The van der Waals surface area contributed by atoms with Crippen molar-refractivity contribution in [3.8, 4) is 11.5 Å². The van der Waals surface area contributed by atoms with Crippen molar-refractivity contribution in [3.05, 3.63) is 59.2 Å². The van der Waals surface area contributed by atoms with E-state index in [1.165, 1.54) is 18.4 Å². The number of ketones is 1. The molecule has 0 spiro atoms. The van der Waals surface area contributed by atoms with Gasteiger partial charge in [-0.2, -0.15) is 0 Å². The van der Waals surface area contributed by atoms with Crippen LogP contribution in [0.15, 0.2) is 42.5 Å². The number of fused-ring (bicyclic) bond motifs is 1. The number of ether oxygens (including phenoxy) is 2. The Morgan fingerprint density at radius 1 is 1.00 bits per heavy atom. The Hall–Kier alpha value is -2.04. The average molecular weight is 430 g/mol. The fraction of sp³-hybridized carbons (Fsp3) is 0.480. The van der Waals surface area contributed by atoms with Crippen LogP contribution in [0.1, 0.15) is 40.7 Å². The van der Waals surface area contributed by atoms with Crippen molar-refractivity contribution in [2.24, 2.45) is 11.8 Å². The number of hydrogen-bond donors (Lipinski definition) is 0. The Balaban J connectivity index is 0.00000256. The molecule has 0 bridgehead atoms. The second-order valence-corrected chi connectivity index (χ2v) is 8.39. The molecule has 4 rings (SSSR count). The van der Waals surface area contributed by atoms with Crippen LogP contribution in [0.3, 0.4) is 0 Å². The zero-order valence-electron chi connectivity index (χ0n) is 17.9. The molecule has 162 valence electrons. The summed E-state index contributed by atoms with van der Waals surface area (Å²) in [5, 5.41) is 0. The van der Waals surface area contributed by atoms with Gasteiger partial charge in [0.1, 0.15) is 0 Å². The van der Waals surface area contributed by atoms with Crippen molar-refractivity contribution in [2.45, 2.75) is 32.1 Å². The molecule has 0 aromatic heterocycles. The average Bonchev–Trinajstić information content (AvgIpc) is 3.07. The molecule has 0 saturated carbocycles. The first-order valence-electron chi connectivity index (χ1n) is 10.7. The van der Waals surface area contributed by atoms with Gasteiger partial charge in [-0.15, -0.1) is 12.4 Å². The topological polar surface area (TPSA) is 38.8 Å². The van der Waals surface area contributed by atoms with Gasteiger partial charge in [0.2, 0.25) is 0 Å². The lowest BCUT2D eigenvalue weighted by molar-refractivity contribution is 0.0897. The van der Waals surface area contributed by atoms with E-state index in [9.17, 15) is 4.79 Å². The number of nitrogens with zero attached hydrogens (tertiary/aromatic N) is 1. The van der Waals surface area contributed by atoms with E-state index >= 15 is 0 Å². The highest BCUT2D eigenvalue weighted by Crippen LogP contribution is 2.39. The third kappa shape index (κ3) is 4.98. The van der Waals surface area contributed by atoms with Gasteiger partial charge >= 0.3 is 0 Å². The Morgan fingerprint density at radius 3 is 2.33 bits per heavy atom. The van der Waals surface area contributed by atoms with Crippen LogP contribution in [0.2, 0.25) is 0 Å². The molecule has 1 atom stereocenters. The lowest BCUT2D eigenvalue weighted by Crippen LogP contribution is -2.36. The van der Waals surface area contributed by atoms with Gasteiger partial charge in [0.05, 0.1) is 14.2 Å². The highest BCUT2D eigenvalue weighted by molar-refractivity contribution is 6.02. The van der Waals surface area contributed by atoms with Gasteiger partial charge in [0.25, 0.3) is 0 Å². The number of piperidine rings is 1. The minimum atomic E-state index is 0. The fourth-order valence-corrected chi connectivity index (χ4v) is 4.87. The number of benzene rings is 2. The van der Waals surface area contributed by atoms with Crippen LogP contribution in [0.4, 0.5) is 0 Å². The number of rotatable bonds is 7. The maximum atomic E-state index is 13.0. The maximum Gasteiger partial charge on any atom is 0.166 e. The minimum absolute atomic E-state index is 0. The molecule has 2 aromatic carbocycles. The summed E-state index contributed by atoms with van der Waals surface area (Å²) in [6, 6.07) is 14.6. The van der Waals surface area contributed by atoms with Crippen LogP contribution >= 0.6 is 12.4 Å². The third-order valence-electron chi connectivity index (χ3n) is 6.60. The molecule has 1 saturated heterocycles. The molecule has 4 nitrogen and oxygen atoms in total. The molecule has 1 fully saturated rings. The van der Waals surface area contributed by atoms with E-state index in [0.29, 0.717) is 17.4 Å². The van der Waals surface area contributed by atoms with E-state index in [0.717, 1.165) is 50.0 Å². The Kier molecular flexibility index (Phi) is 7.79. The van der Waals surface area contributed by atoms with Crippen LogP contribution in [0.5, 0.6) is 11.5 Å². The molecule has 0 radical (unpaired) electrons. The van der Waals surface area contributed by atoms with E-state index in [-0.39, 0.29) is 24.1 Å². The summed E-state index contributed by atoms with van der Waals surface area (Å²) >= 11 is 0. The summed E-state index contributed by atoms with van der Waals surface area (Å²) in [5.41, 5.74) is 3.35. The van der Waals surface area contributed by atoms with Crippen molar-refractivity contribution >= 4 is 18.2 Å². The summed E-state index contributed by atoms with van der Waals surface area (Å²) < 4.78 is 10.8. The molecule has 1 aliphatic heterocycles. The monoisotopic (exact) mass is 429 g/mol. The Bertz CT molecular complexity index is 847. The number of halogens is 1. The van der Waals surface area contributed by atoms with Crippen molar-refractivity contribution in [1.29, 1.82) is 0 Å². The number of carbonyl (C=O) groups excluding carboxylic acids is 1. The van der Waals surface area contributed by atoms with Gasteiger partial charge in [0, 0.05) is 18.0 Å². The van der Waals surface area contributed by atoms with Gasteiger partial charge in [-0.25, -0.2) is 0 Å². The largest absolute Gasteiger partial charge is 0.493 e. The summed E-state index contributed by atoms with van der Waals surface area (Å²) in [7, 11) is 3.26. The molecule has 1 heterocycles. The number of hydrogen-bond acceptors (Lipinski definition) is 4. The molecule has 1 aliphatic carbocycles. The van der Waals surface area contributed by atoms with Gasteiger partial charge < -0.3 is 14.4 Å². The van der Waals surface area contributed by atoms with E-state index in [1.807, 2.05) is 12.1 Å². The molecule has 0 amide bonds. The lowest BCUT2D eigenvalue weighted by atomic mass is 9.85. The minimum Gasteiger partial charge on any atom is -0.493 e. The predicted octanol–water partition coefficient (Wildman–Crippen LogP) is 4.83. The molecule has 2 aliphatic rings. The first kappa shape index (κ1) is 22.6. The zero-order valence-corrected chi connectivity index (χ0v) is 18.7. The number of likely N-dealkylation sites (tertiary alicyclic amines) is 1. The van der Waals surface area contributed by atoms with Crippen molar-refractivity contribution in [3.63, 3.8) is 0 Å². The van der Waals surface area contributed by atoms with Gasteiger partial charge in [-0.1, -0.05) is 30.3 Å². The molecule has 5 heteroatoms. The highest BCUT2D eigenvalue weighted by atomic mass is 35.5. The van der Waals surface area contributed by atoms with E-state index in [1.54, 1.807) is 14.2 Å². The SMILES string of the molecule is COc1cc2c(cc1OC)C(=O)C(CC1CCN(CCc3ccccc3)CC1)C2.Cl. The van der Waals surface area contributed by atoms with Crippen LogP contribution in [-0.2, 0) is 12.8 Å². The van der Waals surface area contributed by atoms with Crippen LogP contribution < -0.4 is 9.47 Å². The smallest absolute Gasteiger partial charge is 0.166 e. The van der Waals surface area contributed by atoms with E-state index in [2.05, 4.69) is 35.2 Å². The number of carbonyl (C=O) groups is 1. The first-order valence-corrected chi connectivity index (χ1v) is 10.7. The highest BCUT2D eigenvalue weighted by Gasteiger charge is 2.34. The van der Waals surface area contributed by atoms with E-state index < -0.39 is 0 Å². The molecule has 0 N–H and O–H groups in total. The second kappa shape index (κ2) is 10.3. The first-order chi connectivity index (χ1) is 14.2. The van der Waals surface area contributed by atoms with Crippen LogP contribution in [0.25, 0.3) is 0 Å². The van der Waals surface area contributed by atoms with Crippen molar-refractivity contribution in [1.82, 2.24) is 4.90 Å². The Morgan fingerprint density at radius 2 is 1.67 bits per heavy atom. The predicted molar refractivity (Wildman–Crippen MR) is 122 cm³/mol. The van der Waals surface area contributed by atoms with Crippen molar-refractivity contribution < 1.29 is 14.3 Å². The van der Waals surface area contributed by atoms with Crippen LogP contribution in [0, 0.1) is 11.8 Å². The second-order valence-electron chi connectivity index (χ2n) is 8.39. The summed E-state index contributed by atoms with van der Waals surface area (Å²) in [4.78, 5) is 15.5.